The minimum absolute atomic E-state index is 0.250. The minimum Gasteiger partial charge on any atom is -0.397 e. The highest BCUT2D eigenvalue weighted by Crippen LogP contribution is 1.57. The van der Waals surface area contributed by atoms with Crippen LogP contribution in [0, 0.1) is 0 Å². The summed E-state index contributed by atoms with van der Waals surface area (Å²) in [6.45, 7) is 13.4. The van der Waals surface area contributed by atoms with Gasteiger partial charge in [-0.3, -0.25) is 16.5 Å². The summed E-state index contributed by atoms with van der Waals surface area (Å²) in [5.41, 5.74) is 17.2. The second kappa shape index (κ2) is 36.0. The molecule has 0 saturated heterocycles. The summed E-state index contributed by atoms with van der Waals surface area (Å²) >= 11 is 0. The van der Waals surface area contributed by atoms with Crippen molar-refractivity contribution in [2.24, 2.45) is 11.5 Å². The molecule has 0 spiro atoms. The zero-order valence-corrected chi connectivity index (χ0v) is 13.5. The Bertz CT molecular complexity index is 134. The largest absolute Gasteiger partial charge is 0.397 e. The predicted molar refractivity (Wildman–Crippen MR) is 80.8 cm³/mol. The Balaban J connectivity index is -0.0000000851. The predicted octanol–water partition coefficient (Wildman–Crippen LogP) is -5.19. The molecule has 0 fully saturated rings. The summed E-state index contributed by atoms with van der Waals surface area (Å²) in [5, 5.41) is 9.87. The molecule has 19 heavy (non-hydrogen) atoms. The fraction of sp³-hybridized carbons (Fsp3) is 0.917. The van der Waals surface area contributed by atoms with Crippen LogP contribution in [0.5, 0.6) is 0 Å². The third-order valence-electron chi connectivity index (χ3n) is 1.28. The maximum atomic E-state index is 7.57. The number of aliphatic hydroxyl groups is 1. The van der Waals surface area contributed by atoms with Gasteiger partial charge in [-0.05, 0) is 27.2 Å². The molecule has 0 aromatic heterocycles. The Hall–Kier alpha value is -0.890. The van der Waals surface area contributed by atoms with Gasteiger partial charge in [0.1, 0.15) is 13.1 Å². The lowest BCUT2D eigenvalue weighted by Crippen LogP contribution is -2.87. The Labute approximate surface area is 118 Å². The molecule has 0 atom stereocenters. The summed E-state index contributed by atoms with van der Waals surface area (Å²) in [6, 6.07) is 0. The Kier molecular flexibility index (Phi) is 50.4. The second-order valence-corrected chi connectivity index (χ2v) is 3.52. The molecule has 0 rings (SSSR count). The molecule has 0 aliphatic heterocycles. The van der Waals surface area contributed by atoms with Gasteiger partial charge < -0.3 is 21.9 Å². The smallest absolute Gasteiger partial charge is 0.338 e. The van der Waals surface area contributed by atoms with Crippen molar-refractivity contribution in [3.8, 4) is 0 Å². The number of hydrogen-bond donors (Lipinski definition) is 7. The fourth-order valence-electron chi connectivity index (χ4n) is 0.697. The van der Waals surface area contributed by atoms with Crippen molar-refractivity contribution in [2.75, 3.05) is 39.3 Å². The number of aliphatic hydroxyl groups excluding tert-OH is 1. The van der Waals surface area contributed by atoms with Crippen molar-refractivity contribution in [3.63, 3.8) is 0 Å². The first-order valence-electron chi connectivity index (χ1n) is 7.14. The van der Waals surface area contributed by atoms with Crippen LogP contribution in [0.3, 0.4) is 0 Å². The highest BCUT2D eigenvalue weighted by atomic mass is 16.2. The number of nitrogens with one attached hydrogen (secondary N) is 1. The van der Waals surface area contributed by atoms with E-state index in [1.54, 1.807) is 6.92 Å². The first-order chi connectivity index (χ1) is 9.01. The number of guanidine groups is 1. The fourth-order valence-corrected chi connectivity index (χ4v) is 0.697. The topological polar surface area (TPSA) is 158 Å². The minimum atomic E-state index is 0.250. The number of nitrogens with two attached hydrogens (primary N) is 3. The molecule has 0 bridgehead atoms. The summed E-state index contributed by atoms with van der Waals surface area (Å²) in [5.74, 6) is 0.289. The Morgan fingerprint density at radius 1 is 1.11 bits per heavy atom. The van der Waals surface area contributed by atoms with Crippen LogP contribution in [0.2, 0.25) is 0 Å². The van der Waals surface area contributed by atoms with Crippen LogP contribution >= 0.6 is 0 Å². The molecular weight excluding hydrogens is 244 g/mol. The molecule has 0 aliphatic carbocycles. The normalized spacial score (nSPS) is 7.74. The van der Waals surface area contributed by atoms with Crippen LogP contribution in [0.1, 0.15) is 34.1 Å². The first kappa shape index (κ1) is 26.6. The first-order valence-corrected chi connectivity index (χ1v) is 7.14. The van der Waals surface area contributed by atoms with Crippen LogP contribution in [-0.2, 0) is 0 Å². The van der Waals surface area contributed by atoms with Crippen LogP contribution < -0.4 is 33.2 Å². The third-order valence-corrected chi connectivity index (χ3v) is 1.28. The van der Waals surface area contributed by atoms with Crippen LogP contribution in [-0.4, -0.2) is 50.4 Å². The van der Waals surface area contributed by atoms with Gasteiger partial charge in [-0.15, -0.1) is 0 Å². The summed E-state index contributed by atoms with van der Waals surface area (Å²) in [4.78, 5) is 2.68. The van der Waals surface area contributed by atoms with E-state index in [-0.39, 0.29) is 12.6 Å². The molecule has 0 heterocycles. The molecule has 7 heteroatoms. The molecule has 0 radical (unpaired) electrons. The maximum absolute atomic E-state index is 7.57. The van der Waals surface area contributed by atoms with Gasteiger partial charge in [0.15, 0.2) is 0 Å². The molecular formula is C12H40N6O+4. The molecule has 7 nitrogen and oxygen atoms in total. The van der Waals surface area contributed by atoms with Gasteiger partial charge in [0.05, 0.1) is 19.6 Å². The van der Waals surface area contributed by atoms with Crippen molar-refractivity contribution >= 4 is 5.96 Å². The SMILES string of the molecule is CCC[NH2+]CC[NH3+].CCO.CC[NH+]=C(N)N.CC[NH3+]. The number of hydrogen-bond acceptors (Lipinski definition) is 1. The van der Waals surface area contributed by atoms with Crippen LogP contribution in [0.15, 0.2) is 0 Å². The van der Waals surface area contributed by atoms with E-state index in [4.69, 9.17) is 16.6 Å². The average molecular weight is 284 g/mol. The summed E-state index contributed by atoms with van der Waals surface area (Å²) in [6.07, 6.45) is 1.28. The van der Waals surface area contributed by atoms with Crippen molar-refractivity contribution < 1.29 is 26.9 Å². The van der Waals surface area contributed by atoms with Crippen LogP contribution in [0.25, 0.3) is 0 Å². The number of rotatable bonds is 5. The molecule has 14 N–H and O–H groups in total. The summed E-state index contributed by atoms with van der Waals surface area (Å²) < 4.78 is 0. The summed E-state index contributed by atoms with van der Waals surface area (Å²) in [7, 11) is 0. The second-order valence-electron chi connectivity index (χ2n) is 3.52. The van der Waals surface area contributed by atoms with Crippen molar-refractivity contribution in [1.82, 2.24) is 0 Å². The zero-order chi connectivity index (χ0) is 15.9. The van der Waals surface area contributed by atoms with Gasteiger partial charge in [-0.1, -0.05) is 6.92 Å². The molecule has 0 aromatic carbocycles. The third kappa shape index (κ3) is 105. The average Bonchev–Trinajstić information content (AvgIpc) is 2.32. The molecule has 120 valence electrons. The van der Waals surface area contributed by atoms with E-state index < -0.39 is 0 Å². The van der Waals surface area contributed by atoms with E-state index in [1.165, 1.54) is 19.5 Å². The van der Waals surface area contributed by atoms with Gasteiger partial charge in [0, 0.05) is 6.61 Å². The lowest BCUT2D eigenvalue weighted by Gasteiger charge is -1.91. The van der Waals surface area contributed by atoms with E-state index in [2.05, 4.69) is 28.7 Å². The van der Waals surface area contributed by atoms with E-state index in [9.17, 15) is 0 Å². The van der Waals surface area contributed by atoms with E-state index in [0.29, 0.717) is 0 Å². The van der Waals surface area contributed by atoms with Gasteiger partial charge >= 0.3 is 5.96 Å². The van der Waals surface area contributed by atoms with E-state index >= 15 is 0 Å². The van der Waals surface area contributed by atoms with Crippen molar-refractivity contribution in [2.45, 2.75) is 34.1 Å². The molecule has 0 aromatic rings. The van der Waals surface area contributed by atoms with Gasteiger partial charge in [0.25, 0.3) is 0 Å². The van der Waals surface area contributed by atoms with Crippen molar-refractivity contribution in [1.29, 1.82) is 0 Å². The monoisotopic (exact) mass is 284 g/mol. The van der Waals surface area contributed by atoms with Crippen molar-refractivity contribution in [3.05, 3.63) is 0 Å². The van der Waals surface area contributed by atoms with Gasteiger partial charge in [-0.2, -0.15) is 0 Å². The molecule has 0 aliphatic rings. The zero-order valence-electron chi connectivity index (χ0n) is 13.5. The lowest BCUT2D eigenvalue weighted by molar-refractivity contribution is -0.669. The van der Waals surface area contributed by atoms with Gasteiger partial charge in [0.2, 0.25) is 0 Å². The lowest BCUT2D eigenvalue weighted by atomic mass is 10.5. The van der Waals surface area contributed by atoms with E-state index in [0.717, 1.165) is 19.6 Å². The highest BCUT2D eigenvalue weighted by Gasteiger charge is 1.82. The molecule has 0 unspecified atom stereocenters. The van der Waals surface area contributed by atoms with Crippen LogP contribution in [0.4, 0.5) is 0 Å². The van der Waals surface area contributed by atoms with Gasteiger partial charge in [-0.25, -0.2) is 0 Å². The van der Waals surface area contributed by atoms with E-state index in [1.807, 2.05) is 13.8 Å². The number of quaternary nitrogens is 3. The highest BCUT2D eigenvalue weighted by molar-refractivity contribution is 5.69. The molecule has 0 amide bonds. The maximum Gasteiger partial charge on any atom is 0.338 e. The standard InChI is InChI=1S/C5H14N2.C3H9N3.C2H7N.C2H6O/c1-2-4-7-5-3-6;1-2-6-3(4)5;2*1-2-3/h7H,2-6H2,1H3;2H2,1H3,(H4,4,5,6);2-3H2,1H3;3H,2H2,1H3/p+4. The Morgan fingerprint density at radius 2 is 1.53 bits per heavy atom. The Morgan fingerprint density at radius 3 is 1.68 bits per heavy atom. The quantitative estimate of drug-likeness (QED) is 0.153. The molecule has 0 saturated carbocycles.